The molecule has 0 aliphatic carbocycles. The van der Waals surface area contributed by atoms with Gasteiger partial charge in [0.25, 0.3) is 5.91 Å². The highest BCUT2D eigenvalue weighted by molar-refractivity contribution is 6.06. The van der Waals surface area contributed by atoms with Crippen LogP contribution < -0.4 is 5.32 Å². The lowest BCUT2D eigenvalue weighted by Gasteiger charge is -2.07. The lowest BCUT2D eigenvalue weighted by molar-refractivity contribution is 0.0600. The number of rotatable bonds is 3. The predicted molar refractivity (Wildman–Crippen MR) is 76.9 cm³/mol. The first-order chi connectivity index (χ1) is 10.2. The molecule has 0 atom stereocenters. The Labute approximate surface area is 121 Å². The molecule has 0 heterocycles. The van der Waals surface area contributed by atoms with Crippen molar-refractivity contribution in [2.75, 3.05) is 12.4 Å². The van der Waals surface area contributed by atoms with Gasteiger partial charge in [-0.3, -0.25) is 4.79 Å². The lowest BCUT2D eigenvalue weighted by atomic mass is 10.1. The van der Waals surface area contributed by atoms with Gasteiger partial charge in [0.2, 0.25) is 0 Å². The van der Waals surface area contributed by atoms with Crippen LogP contribution >= 0.6 is 0 Å². The molecule has 104 valence electrons. The molecule has 0 aromatic heterocycles. The minimum Gasteiger partial charge on any atom is -0.465 e. The summed E-state index contributed by atoms with van der Waals surface area (Å²) in [7, 11) is 1.28. The Hall–Kier alpha value is -3.13. The normalized spacial score (nSPS) is 9.52. The van der Waals surface area contributed by atoms with Crippen LogP contribution in [0.2, 0.25) is 0 Å². The van der Waals surface area contributed by atoms with E-state index in [0.717, 1.165) is 0 Å². The van der Waals surface area contributed by atoms with Gasteiger partial charge in [-0.15, -0.1) is 0 Å². The van der Waals surface area contributed by atoms with E-state index in [4.69, 9.17) is 5.26 Å². The van der Waals surface area contributed by atoms with Crippen molar-refractivity contribution < 1.29 is 14.3 Å². The van der Waals surface area contributed by atoms with E-state index in [1.54, 1.807) is 42.5 Å². The van der Waals surface area contributed by atoms with Gasteiger partial charge in [0.15, 0.2) is 0 Å². The molecule has 0 aliphatic rings. The molecular weight excluding hydrogens is 268 g/mol. The maximum Gasteiger partial charge on any atom is 0.337 e. The topological polar surface area (TPSA) is 79.2 Å². The molecule has 2 rings (SSSR count). The van der Waals surface area contributed by atoms with Crippen molar-refractivity contribution in [1.29, 1.82) is 5.26 Å². The van der Waals surface area contributed by atoms with Crippen molar-refractivity contribution in [3.63, 3.8) is 0 Å². The first-order valence-electron chi connectivity index (χ1n) is 6.14. The first-order valence-corrected chi connectivity index (χ1v) is 6.14. The number of carbonyl (C=O) groups is 2. The van der Waals surface area contributed by atoms with Gasteiger partial charge in [0, 0.05) is 5.56 Å². The molecule has 0 fully saturated rings. The largest absolute Gasteiger partial charge is 0.465 e. The number of nitrogens with zero attached hydrogens (tertiary/aromatic N) is 1. The van der Waals surface area contributed by atoms with E-state index in [9.17, 15) is 9.59 Å². The standard InChI is InChI=1S/C16H12N2O3/c1-21-16(20)12-7-4-6-11(9-12)15(19)18-14-8-3-2-5-13(14)10-17/h2-9H,1H3,(H,18,19). The summed E-state index contributed by atoms with van der Waals surface area (Å²) in [5.41, 5.74) is 1.40. The zero-order chi connectivity index (χ0) is 15.2. The second kappa shape index (κ2) is 6.35. The van der Waals surface area contributed by atoms with Crippen LogP contribution in [-0.2, 0) is 4.74 Å². The average Bonchev–Trinajstić information content (AvgIpc) is 2.54. The maximum absolute atomic E-state index is 12.2. The van der Waals surface area contributed by atoms with E-state index < -0.39 is 11.9 Å². The third-order valence-corrected chi connectivity index (χ3v) is 2.84. The Kier molecular flexibility index (Phi) is 4.32. The molecule has 0 saturated heterocycles. The molecular formula is C16H12N2O3. The van der Waals surface area contributed by atoms with E-state index >= 15 is 0 Å². The molecule has 2 aromatic carbocycles. The number of amides is 1. The summed E-state index contributed by atoms with van der Waals surface area (Å²) in [6, 6.07) is 14.9. The summed E-state index contributed by atoms with van der Waals surface area (Å²) in [6.45, 7) is 0. The second-order valence-corrected chi connectivity index (χ2v) is 4.18. The van der Waals surface area contributed by atoms with Crippen LogP contribution in [-0.4, -0.2) is 19.0 Å². The zero-order valence-electron chi connectivity index (χ0n) is 11.3. The second-order valence-electron chi connectivity index (χ2n) is 4.18. The number of hydrogen-bond acceptors (Lipinski definition) is 4. The summed E-state index contributed by atoms with van der Waals surface area (Å²) >= 11 is 0. The Balaban J connectivity index is 2.25. The van der Waals surface area contributed by atoms with E-state index in [0.29, 0.717) is 22.4 Å². The highest BCUT2D eigenvalue weighted by Gasteiger charge is 2.12. The van der Waals surface area contributed by atoms with Crippen LogP contribution in [0.15, 0.2) is 48.5 Å². The molecule has 2 aromatic rings. The fraction of sp³-hybridized carbons (Fsp3) is 0.0625. The van der Waals surface area contributed by atoms with Crippen LogP contribution in [0.1, 0.15) is 26.3 Å². The van der Waals surface area contributed by atoms with E-state index in [-0.39, 0.29) is 0 Å². The Morgan fingerprint density at radius 3 is 2.52 bits per heavy atom. The number of nitrogens with one attached hydrogen (secondary N) is 1. The number of nitriles is 1. The molecule has 21 heavy (non-hydrogen) atoms. The van der Waals surface area contributed by atoms with Gasteiger partial charge in [-0.25, -0.2) is 4.79 Å². The zero-order valence-corrected chi connectivity index (χ0v) is 11.3. The molecule has 1 N–H and O–H groups in total. The van der Waals surface area contributed by atoms with Crippen LogP contribution in [0.5, 0.6) is 0 Å². The van der Waals surface area contributed by atoms with Gasteiger partial charge in [0.05, 0.1) is 23.9 Å². The van der Waals surface area contributed by atoms with Crippen molar-refractivity contribution >= 4 is 17.6 Å². The number of benzene rings is 2. The van der Waals surface area contributed by atoms with Crippen LogP contribution in [0.4, 0.5) is 5.69 Å². The minimum absolute atomic E-state index is 0.290. The molecule has 5 nitrogen and oxygen atoms in total. The Morgan fingerprint density at radius 1 is 1.10 bits per heavy atom. The summed E-state index contributed by atoms with van der Waals surface area (Å²) in [5.74, 6) is -0.912. The summed E-state index contributed by atoms with van der Waals surface area (Å²) in [5, 5.41) is 11.6. The number of methoxy groups -OCH3 is 1. The summed E-state index contributed by atoms with van der Waals surface area (Å²) in [4.78, 5) is 23.6. The molecule has 0 saturated carbocycles. The molecule has 0 aliphatic heterocycles. The fourth-order valence-electron chi connectivity index (χ4n) is 1.79. The van der Waals surface area contributed by atoms with Gasteiger partial charge >= 0.3 is 5.97 Å². The molecule has 5 heteroatoms. The van der Waals surface area contributed by atoms with E-state index in [1.165, 1.54) is 13.2 Å². The summed E-state index contributed by atoms with van der Waals surface area (Å²) in [6.07, 6.45) is 0. The Bertz CT molecular complexity index is 732. The highest BCUT2D eigenvalue weighted by atomic mass is 16.5. The quantitative estimate of drug-likeness (QED) is 0.876. The number of carbonyl (C=O) groups excluding carboxylic acids is 2. The van der Waals surface area contributed by atoms with Crippen molar-refractivity contribution in [1.82, 2.24) is 0 Å². The van der Waals surface area contributed by atoms with Crippen molar-refractivity contribution in [3.8, 4) is 6.07 Å². The first kappa shape index (κ1) is 14.3. The fourth-order valence-corrected chi connectivity index (χ4v) is 1.79. The number of anilines is 1. The number of esters is 1. The van der Waals surface area contributed by atoms with Crippen LogP contribution in [0.25, 0.3) is 0 Å². The molecule has 0 spiro atoms. The van der Waals surface area contributed by atoms with Crippen LogP contribution in [0, 0.1) is 11.3 Å². The molecule has 0 radical (unpaired) electrons. The summed E-state index contributed by atoms with van der Waals surface area (Å²) < 4.78 is 4.61. The highest BCUT2D eigenvalue weighted by Crippen LogP contribution is 2.15. The van der Waals surface area contributed by atoms with Crippen molar-refractivity contribution in [2.24, 2.45) is 0 Å². The minimum atomic E-state index is -0.512. The van der Waals surface area contributed by atoms with Gasteiger partial charge in [-0.2, -0.15) is 5.26 Å². The number of ether oxygens (including phenoxy) is 1. The maximum atomic E-state index is 12.2. The third kappa shape index (κ3) is 3.25. The van der Waals surface area contributed by atoms with Crippen molar-refractivity contribution in [3.05, 3.63) is 65.2 Å². The van der Waals surface area contributed by atoms with Gasteiger partial charge in [0.1, 0.15) is 6.07 Å². The van der Waals surface area contributed by atoms with Crippen LogP contribution in [0.3, 0.4) is 0 Å². The lowest BCUT2D eigenvalue weighted by Crippen LogP contribution is -2.14. The number of hydrogen-bond donors (Lipinski definition) is 1. The smallest absolute Gasteiger partial charge is 0.337 e. The Morgan fingerprint density at radius 2 is 1.81 bits per heavy atom. The van der Waals surface area contributed by atoms with Gasteiger partial charge in [-0.05, 0) is 30.3 Å². The monoisotopic (exact) mass is 280 g/mol. The third-order valence-electron chi connectivity index (χ3n) is 2.84. The van der Waals surface area contributed by atoms with Crippen molar-refractivity contribution in [2.45, 2.75) is 0 Å². The predicted octanol–water partition coefficient (Wildman–Crippen LogP) is 2.60. The van der Waals surface area contributed by atoms with Gasteiger partial charge in [-0.1, -0.05) is 18.2 Å². The van der Waals surface area contributed by atoms with Gasteiger partial charge < -0.3 is 10.1 Å². The number of para-hydroxylation sites is 1. The van der Waals surface area contributed by atoms with E-state index in [1.807, 2.05) is 6.07 Å². The molecule has 1 amide bonds. The average molecular weight is 280 g/mol. The molecule has 0 unspecified atom stereocenters. The SMILES string of the molecule is COC(=O)c1cccc(C(=O)Nc2ccccc2C#N)c1. The molecule has 0 bridgehead atoms. The van der Waals surface area contributed by atoms with E-state index in [2.05, 4.69) is 10.1 Å².